The highest BCUT2D eigenvalue weighted by Gasteiger charge is 2.27. The standard InChI is InChI=1S/C23H21N7O2.C4H10O/c31-23-22-17(12-27-23)16(19-13-26-21-14-24-5-6-30(19)21)2-3-18(22)28-20-4-1-15(11-25-20)29-7-9-32-10-8-29;1-4(2)5-3/h1-6,11,13-14H,7-10,12H2,(H,25,28)(H,27,31);4H,1-3H3. The van der Waals surface area contributed by atoms with E-state index in [-0.39, 0.29) is 5.91 Å². The number of methoxy groups -OCH3 is 1. The molecule has 1 saturated heterocycles. The van der Waals surface area contributed by atoms with E-state index in [2.05, 4.69) is 30.5 Å². The Balaban J connectivity index is 0.000000514. The summed E-state index contributed by atoms with van der Waals surface area (Å²) in [5.41, 5.74) is 6.06. The fourth-order valence-corrected chi connectivity index (χ4v) is 4.34. The van der Waals surface area contributed by atoms with Crippen LogP contribution >= 0.6 is 0 Å². The number of anilines is 3. The van der Waals surface area contributed by atoms with Gasteiger partial charge in [0.05, 0.1) is 60.5 Å². The molecular formula is C27H31N7O3. The molecule has 1 fully saturated rings. The Bertz CT molecular complexity index is 1380. The first-order valence-electron chi connectivity index (χ1n) is 12.3. The molecule has 0 atom stereocenters. The van der Waals surface area contributed by atoms with Crippen molar-refractivity contribution >= 4 is 28.7 Å². The predicted molar refractivity (Wildman–Crippen MR) is 142 cm³/mol. The van der Waals surface area contributed by atoms with Gasteiger partial charge in [0.1, 0.15) is 5.82 Å². The molecule has 192 valence electrons. The first-order valence-corrected chi connectivity index (χ1v) is 12.3. The smallest absolute Gasteiger partial charge is 0.254 e. The van der Waals surface area contributed by atoms with Gasteiger partial charge in [0.15, 0.2) is 5.65 Å². The lowest BCUT2D eigenvalue weighted by molar-refractivity contribution is 0.0966. The molecule has 6 rings (SSSR count). The minimum atomic E-state index is -0.0928. The molecule has 0 bridgehead atoms. The Hall–Kier alpha value is -4.02. The molecule has 2 N–H and O–H groups in total. The topological polar surface area (TPSA) is 106 Å². The Kier molecular flexibility index (Phi) is 7.29. The van der Waals surface area contributed by atoms with Gasteiger partial charge >= 0.3 is 0 Å². The van der Waals surface area contributed by atoms with Gasteiger partial charge in [-0.3, -0.25) is 14.2 Å². The third-order valence-electron chi connectivity index (χ3n) is 6.42. The molecule has 0 unspecified atom stereocenters. The molecule has 2 aliphatic heterocycles. The second kappa shape index (κ2) is 10.9. The number of hydrogen-bond acceptors (Lipinski definition) is 8. The molecule has 3 aromatic heterocycles. The van der Waals surface area contributed by atoms with E-state index in [0.717, 1.165) is 60.1 Å². The van der Waals surface area contributed by atoms with E-state index in [1.807, 2.05) is 61.1 Å². The number of morpholine rings is 1. The summed E-state index contributed by atoms with van der Waals surface area (Å²) < 4.78 is 12.1. The number of fused-ring (bicyclic) bond motifs is 2. The molecule has 0 aliphatic carbocycles. The number of aromatic nitrogens is 4. The largest absolute Gasteiger partial charge is 0.382 e. The van der Waals surface area contributed by atoms with Crippen molar-refractivity contribution in [1.29, 1.82) is 0 Å². The van der Waals surface area contributed by atoms with Crippen molar-refractivity contribution < 1.29 is 14.3 Å². The minimum Gasteiger partial charge on any atom is -0.382 e. The van der Waals surface area contributed by atoms with Crippen LogP contribution in [-0.4, -0.2) is 64.8 Å². The number of rotatable bonds is 5. The summed E-state index contributed by atoms with van der Waals surface area (Å²) >= 11 is 0. The van der Waals surface area contributed by atoms with Gasteiger partial charge in [-0.05, 0) is 37.6 Å². The third-order valence-corrected chi connectivity index (χ3v) is 6.42. The highest BCUT2D eigenvalue weighted by molar-refractivity contribution is 6.06. The van der Waals surface area contributed by atoms with Gasteiger partial charge in [-0.2, -0.15) is 0 Å². The van der Waals surface area contributed by atoms with E-state index in [1.54, 1.807) is 19.5 Å². The fourth-order valence-electron chi connectivity index (χ4n) is 4.34. The lowest BCUT2D eigenvalue weighted by Gasteiger charge is -2.28. The minimum absolute atomic E-state index is 0.0928. The summed E-state index contributed by atoms with van der Waals surface area (Å²) in [4.78, 5) is 28.1. The van der Waals surface area contributed by atoms with Crippen LogP contribution in [0, 0.1) is 0 Å². The average molecular weight is 502 g/mol. The Morgan fingerprint density at radius 2 is 1.89 bits per heavy atom. The first-order chi connectivity index (χ1) is 18.0. The van der Waals surface area contributed by atoms with Crippen LogP contribution in [0.2, 0.25) is 0 Å². The predicted octanol–water partition coefficient (Wildman–Crippen LogP) is 3.66. The molecule has 1 aromatic carbocycles. The van der Waals surface area contributed by atoms with Crippen LogP contribution < -0.4 is 15.5 Å². The number of imidazole rings is 1. The highest BCUT2D eigenvalue weighted by atomic mass is 16.5. The van der Waals surface area contributed by atoms with Gasteiger partial charge in [0.2, 0.25) is 0 Å². The average Bonchev–Trinajstić information content (AvgIpc) is 3.54. The fraction of sp³-hybridized carbons (Fsp3) is 0.333. The van der Waals surface area contributed by atoms with Crippen molar-refractivity contribution in [2.45, 2.75) is 26.5 Å². The van der Waals surface area contributed by atoms with Crippen LogP contribution in [-0.2, 0) is 16.0 Å². The molecule has 0 saturated carbocycles. The third kappa shape index (κ3) is 5.25. The van der Waals surface area contributed by atoms with E-state index >= 15 is 0 Å². The van der Waals surface area contributed by atoms with E-state index in [4.69, 9.17) is 9.47 Å². The zero-order chi connectivity index (χ0) is 25.8. The number of ether oxygens (including phenoxy) is 2. The molecule has 10 heteroatoms. The summed E-state index contributed by atoms with van der Waals surface area (Å²) in [6.07, 6.45) is 9.37. The van der Waals surface area contributed by atoms with Crippen molar-refractivity contribution in [3.05, 3.63) is 66.4 Å². The number of amides is 1. The second-order valence-electron chi connectivity index (χ2n) is 9.06. The number of pyridine rings is 1. The van der Waals surface area contributed by atoms with Crippen molar-refractivity contribution in [1.82, 2.24) is 24.7 Å². The zero-order valence-electron chi connectivity index (χ0n) is 21.3. The lowest BCUT2D eigenvalue weighted by Crippen LogP contribution is -2.36. The molecular weight excluding hydrogens is 470 g/mol. The van der Waals surface area contributed by atoms with Gasteiger partial charge in [-0.15, -0.1) is 0 Å². The zero-order valence-corrected chi connectivity index (χ0v) is 21.3. The van der Waals surface area contributed by atoms with Crippen LogP contribution in [0.25, 0.3) is 16.9 Å². The Labute approximate surface area is 215 Å². The quantitative estimate of drug-likeness (QED) is 0.427. The number of nitrogens with zero attached hydrogens (tertiary/aromatic N) is 5. The van der Waals surface area contributed by atoms with Crippen LogP contribution in [0.3, 0.4) is 0 Å². The summed E-state index contributed by atoms with van der Waals surface area (Å²) in [5.74, 6) is 0.599. The molecule has 10 nitrogen and oxygen atoms in total. The number of carbonyl (C=O) groups excluding carboxylic acids is 1. The van der Waals surface area contributed by atoms with Crippen LogP contribution in [0.5, 0.6) is 0 Å². The maximum Gasteiger partial charge on any atom is 0.254 e. The highest BCUT2D eigenvalue weighted by Crippen LogP contribution is 2.35. The summed E-state index contributed by atoms with van der Waals surface area (Å²) in [6, 6.07) is 7.93. The van der Waals surface area contributed by atoms with E-state index in [0.29, 0.717) is 24.0 Å². The van der Waals surface area contributed by atoms with Crippen LogP contribution in [0.15, 0.2) is 55.2 Å². The van der Waals surface area contributed by atoms with Crippen molar-refractivity contribution in [2.24, 2.45) is 0 Å². The van der Waals surface area contributed by atoms with Crippen molar-refractivity contribution in [3.63, 3.8) is 0 Å². The molecule has 0 spiro atoms. The van der Waals surface area contributed by atoms with E-state index in [1.165, 1.54) is 0 Å². The first kappa shape index (κ1) is 24.7. The van der Waals surface area contributed by atoms with Crippen LogP contribution in [0.4, 0.5) is 17.2 Å². The number of carbonyl (C=O) groups is 1. The van der Waals surface area contributed by atoms with Gasteiger partial charge in [0.25, 0.3) is 5.91 Å². The number of benzene rings is 1. The normalized spacial score (nSPS) is 14.8. The molecule has 5 heterocycles. The summed E-state index contributed by atoms with van der Waals surface area (Å²) in [5, 5.41) is 6.28. The van der Waals surface area contributed by atoms with Crippen molar-refractivity contribution in [2.75, 3.05) is 43.6 Å². The van der Waals surface area contributed by atoms with Crippen LogP contribution in [0.1, 0.15) is 29.8 Å². The maximum absolute atomic E-state index is 12.7. The van der Waals surface area contributed by atoms with Gasteiger partial charge < -0.3 is 25.0 Å². The van der Waals surface area contributed by atoms with E-state index < -0.39 is 0 Å². The second-order valence-corrected chi connectivity index (χ2v) is 9.06. The molecule has 2 aliphatic rings. The van der Waals surface area contributed by atoms with Gasteiger partial charge in [0, 0.05) is 44.7 Å². The molecule has 4 aromatic rings. The SMILES string of the molecule is COC(C)C.O=C1NCc2c(-c3cnc4cnccn34)ccc(Nc3ccc(N4CCOCC4)cn3)c21. The Morgan fingerprint density at radius 3 is 2.62 bits per heavy atom. The monoisotopic (exact) mass is 501 g/mol. The number of nitrogens with one attached hydrogen (secondary N) is 2. The molecule has 37 heavy (non-hydrogen) atoms. The lowest BCUT2D eigenvalue weighted by atomic mass is 9.99. The molecule has 1 amide bonds. The number of hydrogen-bond donors (Lipinski definition) is 2. The summed E-state index contributed by atoms with van der Waals surface area (Å²) in [6.45, 7) is 7.67. The van der Waals surface area contributed by atoms with Crippen molar-refractivity contribution in [3.8, 4) is 11.3 Å². The molecule has 0 radical (unpaired) electrons. The summed E-state index contributed by atoms with van der Waals surface area (Å²) in [7, 11) is 1.70. The van der Waals surface area contributed by atoms with Gasteiger partial charge in [-0.1, -0.05) is 6.07 Å². The maximum atomic E-state index is 12.7. The van der Waals surface area contributed by atoms with E-state index in [9.17, 15) is 4.79 Å². The van der Waals surface area contributed by atoms with Gasteiger partial charge in [-0.25, -0.2) is 9.97 Å². The Morgan fingerprint density at radius 1 is 1.08 bits per heavy atom.